The minimum absolute atomic E-state index is 0. The minimum atomic E-state index is -0.528. The van der Waals surface area contributed by atoms with Crippen molar-refractivity contribution in [3.05, 3.63) is 35.6 Å². The molecule has 0 unspecified atom stereocenters. The first kappa shape index (κ1) is 17.2. The topological polar surface area (TPSA) is 41.1 Å². The summed E-state index contributed by atoms with van der Waals surface area (Å²) in [6.45, 7) is 1.87. The molecule has 3 rings (SSSR count). The lowest BCUT2D eigenvalue weighted by Crippen LogP contribution is -2.51. The molecule has 2 aliphatic rings. The second kappa shape index (κ2) is 7.42. The predicted octanol–water partition coefficient (Wildman–Crippen LogP) is 2.93. The number of benzene rings is 1. The van der Waals surface area contributed by atoms with Gasteiger partial charge in [-0.25, -0.2) is 4.39 Å². The Balaban J connectivity index is 0.00000176. The van der Waals surface area contributed by atoms with Gasteiger partial charge in [-0.15, -0.1) is 12.4 Å². The van der Waals surface area contributed by atoms with Crippen LogP contribution in [-0.2, 0) is 10.2 Å². The highest BCUT2D eigenvalue weighted by Crippen LogP contribution is 2.41. The minimum Gasteiger partial charge on any atom is -0.351 e. The van der Waals surface area contributed by atoms with E-state index in [0.717, 1.165) is 57.2 Å². The van der Waals surface area contributed by atoms with Gasteiger partial charge in [0.15, 0.2) is 0 Å². The standard InChI is InChI=1S/C17H23FN2O.ClH/c18-14-6-3-5-13(11-14)17(8-1-2-9-17)16(21)20-15-7-4-10-19-12-15;/h3,5-6,11,15,19H,1-2,4,7-10,12H2,(H,20,21);1H/t15-;/m0./s1. The van der Waals surface area contributed by atoms with E-state index in [2.05, 4.69) is 10.6 Å². The summed E-state index contributed by atoms with van der Waals surface area (Å²) in [4.78, 5) is 12.9. The number of hydrogen-bond acceptors (Lipinski definition) is 2. The molecule has 0 radical (unpaired) electrons. The van der Waals surface area contributed by atoms with E-state index in [-0.39, 0.29) is 30.2 Å². The van der Waals surface area contributed by atoms with Crippen molar-refractivity contribution in [2.75, 3.05) is 13.1 Å². The molecule has 0 spiro atoms. The van der Waals surface area contributed by atoms with Gasteiger partial charge in [-0.1, -0.05) is 25.0 Å². The van der Waals surface area contributed by atoms with Crippen molar-refractivity contribution in [1.82, 2.24) is 10.6 Å². The van der Waals surface area contributed by atoms with Gasteiger partial charge in [-0.05, 0) is 49.9 Å². The monoisotopic (exact) mass is 326 g/mol. The molecule has 0 bridgehead atoms. The maximum absolute atomic E-state index is 13.6. The maximum atomic E-state index is 13.6. The summed E-state index contributed by atoms with van der Waals surface area (Å²) in [5.74, 6) is -0.176. The van der Waals surface area contributed by atoms with E-state index < -0.39 is 5.41 Å². The fraction of sp³-hybridized carbons (Fsp3) is 0.588. The summed E-state index contributed by atoms with van der Waals surface area (Å²) in [5, 5.41) is 6.51. The van der Waals surface area contributed by atoms with E-state index in [4.69, 9.17) is 0 Å². The van der Waals surface area contributed by atoms with E-state index in [1.807, 2.05) is 6.07 Å². The molecule has 1 atom stereocenters. The van der Waals surface area contributed by atoms with Crippen molar-refractivity contribution in [1.29, 1.82) is 0 Å². The van der Waals surface area contributed by atoms with E-state index in [9.17, 15) is 9.18 Å². The van der Waals surface area contributed by atoms with Crippen molar-refractivity contribution in [2.24, 2.45) is 0 Å². The number of hydrogen-bond donors (Lipinski definition) is 2. The molecule has 1 saturated carbocycles. The van der Waals surface area contributed by atoms with Crippen molar-refractivity contribution >= 4 is 18.3 Å². The van der Waals surface area contributed by atoms with Gasteiger partial charge in [0, 0.05) is 12.6 Å². The van der Waals surface area contributed by atoms with Gasteiger partial charge >= 0.3 is 0 Å². The third-order valence-electron chi connectivity index (χ3n) is 4.90. The van der Waals surface area contributed by atoms with Crippen LogP contribution in [0.15, 0.2) is 24.3 Å². The first-order valence-corrected chi connectivity index (χ1v) is 7.98. The molecular formula is C17H24ClFN2O. The molecule has 22 heavy (non-hydrogen) atoms. The number of nitrogens with one attached hydrogen (secondary N) is 2. The highest BCUT2D eigenvalue weighted by atomic mass is 35.5. The molecule has 3 nitrogen and oxygen atoms in total. The lowest BCUT2D eigenvalue weighted by Gasteiger charge is -2.32. The summed E-state index contributed by atoms with van der Waals surface area (Å²) in [6, 6.07) is 6.78. The number of piperidine rings is 1. The van der Waals surface area contributed by atoms with Crippen LogP contribution in [0.2, 0.25) is 0 Å². The van der Waals surface area contributed by atoms with Crippen LogP contribution in [-0.4, -0.2) is 25.0 Å². The number of rotatable bonds is 3. The SMILES string of the molecule is Cl.O=C(N[C@H]1CCCNC1)C1(c2cccc(F)c2)CCCC1. The van der Waals surface area contributed by atoms with Crippen LogP contribution in [0.3, 0.4) is 0 Å². The molecule has 5 heteroatoms. The zero-order valence-electron chi connectivity index (χ0n) is 12.7. The van der Waals surface area contributed by atoms with E-state index in [0.29, 0.717) is 0 Å². The Morgan fingerprint density at radius 1 is 1.27 bits per heavy atom. The molecule has 1 aliphatic heterocycles. The third kappa shape index (κ3) is 3.44. The summed E-state index contributed by atoms with van der Waals surface area (Å²) in [6.07, 6.45) is 5.83. The Bertz CT molecular complexity index is 511. The normalized spacial score (nSPS) is 23.6. The lowest BCUT2D eigenvalue weighted by molar-refractivity contribution is -0.127. The second-order valence-corrected chi connectivity index (χ2v) is 6.32. The van der Waals surface area contributed by atoms with Crippen LogP contribution in [0.25, 0.3) is 0 Å². The summed E-state index contributed by atoms with van der Waals surface area (Å²) >= 11 is 0. The van der Waals surface area contributed by atoms with Crippen LogP contribution in [0, 0.1) is 5.82 Å². The molecule has 1 amide bonds. The van der Waals surface area contributed by atoms with Crippen molar-refractivity contribution in [3.63, 3.8) is 0 Å². The van der Waals surface area contributed by atoms with Gasteiger partial charge in [0.05, 0.1) is 5.41 Å². The van der Waals surface area contributed by atoms with Crippen LogP contribution in [0.1, 0.15) is 44.1 Å². The second-order valence-electron chi connectivity index (χ2n) is 6.32. The molecule has 1 saturated heterocycles. The lowest BCUT2D eigenvalue weighted by atomic mass is 9.77. The highest BCUT2D eigenvalue weighted by molar-refractivity contribution is 5.88. The quantitative estimate of drug-likeness (QED) is 0.896. The molecule has 2 N–H and O–H groups in total. The van der Waals surface area contributed by atoms with Gasteiger partial charge in [0.2, 0.25) is 5.91 Å². The van der Waals surface area contributed by atoms with Gasteiger partial charge in [0.1, 0.15) is 5.82 Å². The molecule has 2 fully saturated rings. The number of amides is 1. The summed E-state index contributed by atoms with van der Waals surface area (Å²) in [5.41, 5.74) is 0.306. The molecule has 1 aromatic carbocycles. The van der Waals surface area contributed by atoms with Crippen LogP contribution in [0.5, 0.6) is 0 Å². The average Bonchev–Trinajstić information content (AvgIpc) is 2.99. The van der Waals surface area contributed by atoms with Crippen molar-refractivity contribution in [3.8, 4) is 0 Å². The Hall–Kier alpha value is -1.13. The predicted molar refractivity (Wildman–Crippen MR) is 87.8 cm³/mol. The summed E-state index contributed by atoms with van der Waals surface area (Å²) < 4.78 is 13.6. The van der Waals surface area contributed by atoms with Crippen LogP contribution in [0.4, 0.5) is 4.39 Å². The van der Waals surface area contributed by atoms with Gasteiger partial charge in [-0.2, -0.15) is 0 Å². The molecule has 1 heterocycles. The first-order valence-electron chi connectivity index (χ1n) is 7.98. The van der Waals surface area contributed by atoms with E-state index in [1.165, 1.54) is 12.1 Å². The zero-order valence-corrected chi connectivity index (χ0v) is 13.6. The number of carbonyl (C=O) groups is 1. The largest absolute Gasteiger partial charge is 0.351 e. The van der Waals surface area contributed by atoms with Gasteiger partial charge in [-0.3, -0.25) is 4.79 Å². The van der Waals surface area contributed by atoms with E-state index >= 15 is 0 Å². The maximum Gasteiger partial charge on any atom is 0.230 e. The Morgan fingerprint density at radius 3 is 2.68 bits per heavy atom. The van der Waals surface area contributed by atoms with Crippen LogP contribution >= 0.6 is 12.4 Å². The molecule has 1 aromatic rings. The zero-order chi connectivity index (χ0) is 14.7. The van der Waals surface area contributed by atoms with Crippen molar-refractivity contribution in [2.45, 2.75) is 50.0 Å². The molecular weight excluding hydrogens is 303 g/mol. The molecule has 1 aliphatic carbocycles. The Labute approximate surface area is 137 Å². The Morgan fingerprint density at radius 2 is 2.05 bits per heavy atom. The molecule has 122 valence electrons. The van der Waals surface area contributed by atoms with Gasteiger partial charge in [0.25, 0.3) is 0 Å². The summed E-state index contributed by atoms with van der Waals surface area (Å²) in [7, 11) is 0. The highest BCUT2D eigenvalue weighted by Gasteiger charge is 2.43. The first-order chi connectivity index (χ1) is 10.2. The van der Waals surface area contributed by atoms with Crippen molar-refractivity contribution < 1.29 is 9.18 Å². The van der Waals surface area contributed by atoms with Gasteiger partial charge < -0.3 is 10.6 Å². The van der Waals surface area contributed by atoms with Crippen LogP contribution < -0.4 is 10.6 Å². The fourth-order valence-electron chi connectivity index (χ4n) is 3.71. The Kier molecular flexibility index (Phi) is 5.81. The number of halogens is 2. The smallest absolute Gasteiger partial charge is 0.230 e. The third-order valence-corrected chi connectivity index (χ3v) is 4.90. The average molecular weight is 327 g/mol. The molecule has 0 aromatic heterocycles. The van der Waals surface area contributed by atoms with E-state index in [1.54, 1.807) is 6.07 Å². The number of carbonyl (C=O) groups excluding carboxylic acids is 1. The fourth-order valence-corrected chi connectivity index (χ4v) is 3.71.